The van der Waals surface area contributed by atoms with Crippen LogP contribution in [-0.4, -0.2) is 18.7 Å². The van der Waals surface area contributed by atoms with Crippen LogP contribution in [0.15, 0.2) is 176 Å². The molecular formula is C49H44N2O. The number of hydrogen-bond acceptors (Lipinski definition) is 3. The van der Waals surface area contributed by atoms with Crippen molar-refractivity contribution in [3.05, 3.63) is 231 Å². The molecule has 0 aliphatic carbocycles. The van der Waals surface area contributed by atoms with Crippen molar-refractivity contribution in [2.45, 2.75) is 32.6 Å². The molecule has 3 nitrogen and oxygen atoms in total. The Hall–Kier alpha value is -6.06. The van der Waals surface area contributed by atoms with Crippen molar-refractivity contribution in [2.75, 3.05) is 18.7 Å². The molecule has 2 aliphatic heterocycles. The lowest BCUT2D eigenvalue weighted by Gasteiger charge is -2.34. The van der Waals surface area contributed by atoms with E-state index in [1.165, 1.54) is 72.7 Å². The summed E-state index contributed by atoms with van der Waals surface area (Å²) < 4.78 is 6.20. The molecule has 52 heavy (non-hydrogen) atoms. The normalized spacial score (nSPS) is 13.7. The van der Waals surface area contributed by atoms with Crippen LogP contribution in [0.25, 0.3) is 5.70 Å². The summed E-state index contributed by atoms with van der Waals surface area (Å²) in [5, 5.41) is 0. The van der Waals surface area contributed by atoms with Crippen molar-refractivity contribution in [1.82, 2.24) is 4.90 Å². The number of benzene rings is 6. The molecule has 2 heterocycles. The van der Waals surface area contributed by atoms with E-state index in [1.807, 2.05) is 0 Å². The van der Waals surface area contributed by atoms with Crippen LogP contribution < -0.4 is 9.64 Å². The second-order valence-corrected chi connectivity index (χ2v) is 13.9. The maximum Gasteiger partial charge on any atom is 0.119 e. The van der Waals surface area contributed by atoms with Gasteiger partial charge in [0.05, 0.1) is 30.9 Å². The highest BCUT2D eigenvalue weighted by Crippen LogP contribution is 2.49. The Bertz CT molecular complexity index is 2080. The highest BCUT2D eigenvalue weighted by molar-refractivity contribution is 5.78. The van der Waals surface area contributed by atoms with Gasteiger partial charge in [0, 0.05) is 23.6 Å². The van der Waals surface area contributed by atoms with Crippen molar-refractivity contribution in [1.29, 1.82) is 0 Å². The molecule has 0 saturated carbocycles. The molecule has 2 aliphatic rings. The molecule has 0 N–H and O–H groups in total. The Labute approximate surface area is 308 Å². The van der Waals surface area contributed by atoms with Crippen molar-refractivity contribution >= 4 is 11.4 Å². The van der Waals surface area contributed by atoms with E-state index < -0.39 is 0 Å². The van der Waals surface area contributed by atoms with E-state index in [9.17, 15) is 0 Å². The van der Waals surface area contributed by atoms with Gasteiger partial charge in [0.1, 0.15) is 5.75 Å². The summed E-state index contributed by atoms with van der Waals surface area (Å²) in [6.45, 7) is 7.33. The lowest BCUT2D eigenvalue weighted by atomic mass is 9.78. The first-order valence-corrected chi connectivity index (χ1v) is 18.1. The van der Waals surface area contributed by atoms with Crippen LogP contribution in [0.4, 0.5) is 5.69 Å². The molecule has 0 amide bonds. The molecule has 0 unspecified atom stereocenters. The summed E-state index contributed by atoms with van der Waals surface area (Å²) in [5.41, 5.74) is 16.1. The molecule has 256 valence electrons. The van der Waals surface area contributed by atoms with Crippen molar-refractivity contribution in [3.63, 3.8) is 0 Å². The predicted octanol–water partition coefficient (Wildman–Crippen LogP) is 11.5. The van der Waals surface area contributed by atoms with Crippen molar-refractivity contribution < 1.29 is 4.74 Å². The van der Waals surface area contributed by atoms with Crippen LogP contribution in [0.1, 0.15) is 67.5 Å². The molecule has 0 spiro atoms. The summed E-state index contributed by atoms with van der Waals surface area (Å²) in [4.78, 5) is 4.96. The number of anilines is 1. The maximum atomic E-state index is 6.20. The van der Waals surface area contributed by atoms with Gasteiger partial charge in [-0.1, -0.05) is 145 Å². The van der Waals surface area contributed by atoms with E-state index in [1.54, 1.807) is 7.11 Å². The largest absolute Gasteiger partial charge is 0.497 e. The Balaban J connectivity index is 1.39. The summed E-state index contributed by atoms with van der Waals surface area (Å²) in [6, 6.07) is 52.8. The fraction of sp³-hybridized carbons (Fsp3) is 0.143. The van der Waals surface area contributed by atoms with Crippen molar-refractivity contribution in [2.24, 2.45) is 0 Å². The molecule has 0 aromatic heterocycles. The molecule has 0 fully saturated rings. The summed E-state index contributed by atoms with van der Waals surface area (Å²) in [6.07, 6.45) is 9.05. The smallest absolute Gasteiger partial charge is 0.119 e. The highest BCUT2D eigenvalue weighted by Gasteiger charge is 2.34. The Morgan fingerprint density at radius 2 is 1.02 bits per heavy atom. The molecule has 0 saturated heterocycles. The molecule has 3 heteroatoms. The van der Waals surface area contributed by atoms with Crippen LogP contribution in [0.2, 0.25) is 0 Å². The average Bonchev–Trinajstić information content (AvgIpc) is 3.61. The zero-order chi connectivity index (χ0) is 35.6. The van der Waals surface area contributed by atoms with E-state index in [-0.39, 0.29) is 11.8 Å². The number of hydrogen-bond donors (Lipinski definition) is 0. The van der Waals surface area contributed by atoms with Crippen molar-refractivity contribution in [3.8, 4) is 5.75 Å². The van der Waals surface area contributed by atoms with Crippen LogP contribution >= 0.6 is 0 Å². The van der Waals surface area contributed by atoms with E-state index in [2.05, 4.69) is 201 Å². The van der Waals surface area contributed by atoms with Crippen LogP contribution in [0.3, 0.4) is 0 Å². The van der Waals surface area contributed by atoms with Crippen LogP contribution in [0.5, 0.6) is 5.75 Å². The monoisotopic (exact) mass is 676 g/mol. The third-order valence-corrected chi connectivity index (χ3v) is 10.5. The van der Waals surface area contributed by atoms with Gasteiger partial charge in [-0.15, -0.1) is 0 Å². The van der Waals surface area contributed by atoms with Gasteiger partial charge >= 0.3 is 0 Å². The van der Waals surface area contributed by atoms with Gasteiger partial charge < -0.3 is 14.5 Å². The standard InChI is InChI=1S/C49H44N2O/c1-34-28-35(2)46(36(3)29-34)45-27-17-26-41-32-50(33-51(41)45)49-43(47(37-18-9-5-10-19-37)38-20-11-6-12-21-38)30-42(52-4)31-44(49)48(39-22-13-7-14-23-39)40-24-15-8-16-25-40/h5-32,47-48H,33H2,1-4H3. The summed E-state index contributed by atoms with van der Waals surface area (Å²) in [5.74, 6) is 0.765. The minimum atomic E-state index is -0.0402. The highest BCUT2D eigenvalue weighted by atomic mass is 16.5. The topological polar surface area (TPSA) is 15.7 Å². The van der Waals surface area contributed by atoms with E-state index in [4.69, 9.17) is 4.74 Å². The molecule has 0 bridgehead atoms. The summed E-state index contributed by atoms with van der Waals surface area (Å²) in [7, 11) is 1.79. The quantitative estimate of drug-likeness (QED) is 0.142. The zero-order valence-corrected chi connectivity index (χ0v) is 30.3. The number of aryl methyl sites for hydroxylation is 3. The molecule has 0 radical (unpaired) electrons. The number of fused-ring (bicyclic) bond motifs is 1. The SMILES string of the molecule is COc1cc(C(c2ccccc2)c2ccccc2)c(N2C=C3C=CC=C(c4c(C)cc(C)cc4C)N3C2)c(C(c2ccccc2)c2ccccc2)c1. The fourth-order valence-corrected chi connectivity index (χ4v) is 8.34. The number of methoxy groups -OCH3 is 1. The molecular weight excluding hydrogens is 633 g/mol. The maximum absolute atomic E-state index is 6.20. The van der Waals surface area contributed by atoms with Crippen LogP contribution in [-0.2, 0) is 0 Å². The van der Waals surface area contributed by atoms with Gasteiger partial charge in [-0.25, -0.2) is 0 Å². The molecule has 0 atom stereocenters. The van der Waals surface area contributed by atoms with Gasteiger partial charge in [0.25, 0.3) is 0 Å². The summed E-state index contributed by atoms with van der Waals surface area (Å²) >= 11 is 0. The van der Waals surface area contributed by atoms with Gasteiger partial charge in [-0.3, -0.25) is 0 Å². The van der Waals surface area contributed by atoms with Gasteiger partial charge in [-0.05, 0) is 89.6 Å². The second kappa shape index (κ2) is 14.3. The first-order chi connectivity index (χ1) is 25.5. The Morgan fingerprint density at radius 1 is 0.577 bits per heavy atom. The third kappa shape index (κ3) is 6.24. The first-order valence-electron chi connectivity index (χ1n) is 18.1. The molecule has 6 aromatic rings. The minimum absolute atomic E-state index is 0.0402. The zero-order valence-electron chi connectivity index (χ0n) is 30.3. The number of ether oxygens (including phenoxy) is 1. The second-order valence-electron chi connectivity index (χ2n) is 13.9. The predicted molar refractivity (Wildman–Crippen MR) is 216 cm³/mol. The molecule has 8 rings (SSSR count). The van der Waals surface area contributed by atoms with Gasteiger partial charge in [0.15, 0.2) is 0 Å². The Morgan fingerprint density at radius 3 is 1.44 bits per heavy atom. The lowest BCUT2D eigenvalue weighted by molar-refractivity contribution is 0.413. The number of allylic oxidation sites excluding steroid dienone is 3. The third-order valence-electron chi connectivity index (χ3n) is 10.5. The molecule has 6 aromatic carbocycles. The average molecular weight is 677 g/mol. The number of rotatable bonds is 9. The first kappa shape index (κ1) is 33.1. The lowest BCUT2D eigenvalue weighted by Crippen LogP contribution is -2.29. The fourth-order valence-electron chi connectivity index (χ4n) is 8.34. The minimum Gasteiger partial charge on any atom is -0.497 e. The number of nitrogens with zero attached hydrogens (tertiary/aromatic N) is 2. The van der Waals surface area contributed by atoms with Gasteiger partial charge in [0.2, 0.25) is 0 Å². The van der Waals surface area contributed by atoms with Gasteiger partial charge in [-0.2, -0.15) is 0 Å². The van der Waals surface area contributed by atoms with E-state index in [0.29, 0.717) is 6.67 Å². The van der Waals surface area contributed by atoms with E-state index in [0.717, 1.165) is 5.75 Å². The van der Waals surface area contributed by atoms with E-state index >= 15 is 0 Å². The Kier molecular flexibility index (Phi) is 9.09. The van der Waals surface area contributed by atoms with Crippen LogP contribution in [0, 0.1) is 20.8 Å².